The third kappa shape index (κ3) is 3.53. The molecule has 0 N–H and O–H groups in total. The Morgan fingerprint density at radius 1 is 1.00 bits per heavy atom. The molecule has 1 unspecified atom stereocenters. The van der Waals surface area contributed by atoms with Crippen molar-refractivity contribution in [1.29, 1.82) is 0 Å². The molecule has 4 nitrogen and oxygen atoms in total. The molecule has 4 heteroatoms. The van der Waals surface area contributed by atoms with E-state index < -0.39 is 0 Å². The molecular formula is C16H28N2O2. The Bertz CT molecular complexity index is 324. The summed E-state index contributed by atoms with van der Waals surface area (Å²) in [5, 5.41) is 0. The Balaban J connectivity index is 1.44. The van der Waals surface area contributed by atoms with E-state index in [0.717, 1.165) is 65.2 Å². The first-order chi connectivity index (χ1) is 9.83. The third-order valence-corrected chi connectivity index (χ3v) is 5.13. The molecule has 0 bridgehead atoms. The van der Waals surface area contributed by atoms with Crippen LogP contribution in [-0.2, 0) is 9.53 Å². The largest absolute Gasteiger partial charge is 0.381 e. The van der Waals surface area contributed by atoms with E-state index in [-0.39, 0.29) is 0 Å². The number of hydrogen-bond donors (Lipinski definition) is 0. The van der Waals surface area contributed by atoms with E-state index in [9.17, 15) is 4.79 Å². The Kier molecular flexibility index (Phi) is 4.94. The lowest BCUT2D eigenvalue weighted by atomic mass is 9.84. The number of carbonyl (C=O) groups is 1. The first-order valence-corrected chi connectivity index (χ1v) is 8.42. The second-order valence-electron chi connectivity index (χ2n) is 6.69. The highest BCUT2D eigenvalue weighted by Crippen LogP contribution is 2.28. The minimum atomic E-state index is 0.355. The van der Waals surface area contributed by atoms with Gasteiger partial charge in [-0.15, -0.1) is 0 Å². The van der Waals surface area contributed by atoms with Gasteiger partial charge >= 0.3 is 0 Å². The van der Waals surface area contributed by atoms with Gasteiger partial charge in [0, 0.05) is 38.7 Å². The van der Waals surface area contributed by atoms with Gasteiger partial charge in [0.05, 0.1) is 6.61 Å². The van der Waals surface area contributed by atoms with Crippen LogP contribution in [0.4, 0.5) is 0 Å². The van der Waals surface area contributed by atoms with Crippen molar-refractivity contribution in [3.05, 3.63) is 0 Å². The average Bonchev–Trinajstić information content (AvgIpc) is 2.63. The summed E-state index contributed by atoms with van der Waals surface area (Å²) in [5.74, 6) is 1.49. The molecule has 114 valence electrons. The van der Waals surface area contributed by atoms with Crippen molar-refractivity contribution in [1.82, 2.24) is 9.80 Å². The molecule has 20 heavy (non-hydrogen) atoms. The summed E-state index contributed by atoms with van der Waals surface area (Å²) in [6.07, 6.45) is 7.15. The second kappa shape index (κ2) is 6.90. The summed E-state index contributed by atoms with van der Waals surface area (Å²) in [7, 11) is 0. The minimum Gasteiger partial charge on any atom is -0.381 e. The smallest absolute Gasteiger partial charge is 0.225 e. The van der Waals surface area contributed by atoms with Crippen LogP contribution >= 0.6 is 0 Å². The maximum atomic E-state index is 12.3. The molecule has 2 saturated heterocycles. The van der Waals surface area contributed by atoms with Crippen LogP contribution < -0.4 is 0 Å². The Morgan fingerprint density at radius 2 is 1.90 bits per heavy atom. The van der Waals surface area contributed by atoms with E-state index in [1.165, 1.54) is 19.3 Å². The van der Waals surface area contributed by atoms with Crippen LogP contribution in [0.3, 0.4) is 0 Å². The monoisotopic (exact) mass is 280 g/mol. The summed E-state index contributed by atoms with van der Waals surface area (Å²) in [4.78, 5) is 17.0. The molecule has 3 rings (SSSR count). The third-order valence-electron chi connectivity index (χ3n) is 5.13. The molecule has 2 aliphatic heterocycles. The average molecular weight is 280 g/mol. The highest BCUT2D eigenvalue weighted by molar-refractivity contribution is 5.79. The highest BCUT2D eigenvalue weighted by atomic mass is 16.5. The zero-order valence-electron chi connectivity index (χ0n) is 12.6. The summed E-state index contributed by atoms with van der Waals surface area (Å²) in [6, 6.07) is 0. The van der Waals surface area contributed by atoms with E-state index in [0.29, 0.717) is 17.7 Å². The van der Waals surface area contributed by atoms with Crippen LogP contribution in [0, 0.1) is 11.8 Å². The van der Waals surface area contributed by atoms with Crippen molar-refractivity contribution in [2.75, 3.05) is 45.9 Å². The molecule has 0 aromatic heterocycles. The lowest BCUT2D eigenvalue weighted by Crippen LogP contribution is -2.41. The van der Waals surface area contributed by atoms with Crippen molar-refractivity contribution < 1.29 is 9.53 Å². The number of carbonyl (C=O) groups excluding carboxylic acids is 1. The summed E-state index contributed by atoms with van der Waals surface area (Å²) >= 11 is 0. The quantitative estimate of drug-likeness (QED) is 0.789. The molecule has 2 heterocycles. The van der Waals surface area contributed by atoms with Gasteiger partial charge in [-0.25, -0.2) is 0 Å². The number of ether oxygens (including phenoxy) is 1. The van der Waals surface area contributed by atoms with E-state index in [4.69, 9.17) is 4.74 Å². The lowest BCUT2D eigenvalue weighted by Gasteiger charge is -2.31. The van der Waals surface area contributed by atoms with Gasteiger partial charge in [0.25, 0.3) is 0 Å². The highest BCUT2D eigenvalue weighted by Gasteiger charge is 2.30. The Morgan fingerprint density at radius 3 is 2.60 bits per heavy atom. The van der Waals surface area contributed by atoms with Gasteiger partial charge in [-0.3, -0.25) is 4.79 Å². The van der Waals surface area contributed by atoms with Gasteiger partial charge in [-0.2, -0.15) is 0 Å². The molecule has 3 fully saturated rings. The first-order valence-electron chi connectivity index (χ1n) is 8.42. The topological polar surface area (TPSA) is 32.8 Å². The lowest BCUT2D eigenvalue weighted by molar-refractivity contribution is -0.138. The van der Waals surface area contributed by atoms with Gasteiger partial charge in [-0.1, -0.05) is 6.42 Å². The van der Waals surface area contributed by atoms with Crippen molar-refractivity contribution >= 4 is 5.91 Å². The Hall–Kier alpha value is -0.610. The molecule has 1 atom stereocenters. The first kappa shape index (κ1) is 14.3. The van der Waals surface area contributed by atoms with Gasteiger partial charge in [-0.05, 0) is 44.6 Å². The van der Waals surface area contributed by atoms with E-state index >= 15 is 0 Å². The van der Waals surface area contributed by atoms with Crippen molar-refractivity contribution in [3.8, 4) is 0 Å². The van der Waals surface area contributed by atoms with Crippen LogP contribution in [0.2, 0.25) is 0 Å². The van der Waals surface area contributed by atoms with Crippen LogP contribution in [0.5, 0.6) is 0 Å². The molecule has 1 amide bonds. The van der Waals surface area contributed by atoms with Crippen molar-refractivity contribution in [2.45, 2.75) is 38.5 Å². The number of amides is 1. The molecule has 0 aromatic carbocycles. The van der Waals surface area contributed by atoms with Gasteiger partial charge in [0.2, 0.25) is 5.91 Å². The second-order valence-corrected chi connectivity index (χ2v) is 6.69. The van der Waals surface area contributed by atoms with Crippen LogP contribution in [0.25, 0.3) is 0 Å². The molecule has 3 aliphatic rings. The van der Waals surface area contributed by atoms with Crippen LogP contribution in [0.1, 0.15) is 38.5 Å². The fourth-order valence-corrected chi connectivity index (χ4v) is 3.60. The zero-order chi connectivity index (χ0) is 13.8. The standard InChI is InChI=1S/C16H28N2O2/c19-16(15-5-1-6-15)18-8-3-7-17(9-10-18)12-14-4-2-11-20-13-14/h14-15H,1-13H2. The van der Waals surface area contributed by atoms with E-state index in [1.807, 2.05) is 0 Å². The molecular weight excluding hydrogens is 252 g/mol. The minimum absolute atomic E-state index is 0.355. The fraction of sp³-hybridized carbons (Fsp3) is 0.938. The van der Waals surface area contributed by atoms with Crippen molar-refractivity contribution in [2.24, 2.45) is 11.8 Å². The molecule has 0 spiro atoms. The van der Waals surface area contributed by atoms with Crippen LogP contribution in [0.15, 0.2) is 0 Å². The summed E-state index contributed by atoms with van der Waals surface area (Å²) in [6.45, 7) is 7.13. The predicted octanol–water partition coefficient (Wildman–Crippen LogP) is 1.75. The maximum absolute atomic E-state index is 12.3. The van der Waals surface area contributed by atoms with Crippen molar-refractivity contribution in [3.63, 3.8) is 0 Å². The number of nitrogens with zero attached hydrogens (tertiary/aromatic N) is 2. The predicted molar refractivity (Wildman–Crippen MR) is 78.5 cm³/mol. The number of rotatable bonds is 3. The van der Waals surface area contributed by atoms with Gasteiger partial charge < -0.3 is 14.5 Å². The zero-order valence-corrected chi connectivity index (χ0v) is 12.6. The van der Waals surface area contributed by atoms with E-state index in [1.54, 1.807) is 0 Å². The SMILES string of the molecule is O=C(C1CCC1)N1CCCN(CC2CCCOC2)CC1. The van der Waals surface area contributed by atoms with Gasteiger partial charge in [0.1, 0.15) is 0 Å². The summed E-state index contributed by atoms with van der Waals surface area (Å²) in [5.41, 5.74) is 0. The molecule has 0 radical (unpaired) electrons. The maximum Gasteiger partial charge on any atom is 0.225 e. The normalized spacial score (nSPS) is 29.8. The van der Waals surface area contributed by atoms with E-state index in [2.05, 4.69) is 9.80 Å². The fourth-order valence-electron chi connectivity index (χ4n) is 3.60. The summed E-state index contributed by atoms with van der Waals surface area (Å²) < 4.78 is 5.58. The Labute approximate surface area is 122 Å². The van der Waals surface area contributed by atoms with Gasteiger partial charge in [0.15, 0.2) is 0 Å². The molecule has 0 aromatic rings. The van der Waals surface area contributed by atoms with Crippen LogP contribution in [-0.4, -0.2) is 61.6 Å². The molecule has 1 saturated carbocycles. The number of hydrogen-bond acceptors (Lipinski definition) is 3. The molecule has 1 aliphatic carbocycles.